The number of carbonyl (C=O) groups excluding carboxylic acids is 3. The van der Waals surface area contributed by atoms with Crippen LogP contribution in [0.1, 0.15) is 26.7 Å². The molecule has 0 aliphatic carbocycles. The lowest BCUT2D eigenvalue weighted by Crippen LogP contribution is -2.45. The van der Waals surface area contributed by atoms with Crippen molar-refractivity contribution in [3.8, 4) is 0 Å². The number of amides is 3. The van der Waals surface area contributed by atoms with Gasteiger partial charge in [0.15, 0.2) is 0 Å². The summed E-state index contributed by atoms with van der Waals surface area (Å²) in [6.45, 7) is 3.90. The molecule has 0 bridgehead atoms. The van der Waals surface area contributed by atoms with Gasteiger partial charge in [-0.2, -0.15) is 5.54 Å². The molecule has 9 heteroatoms. The maximum absolute atomic E-state index is 12.1. The molecule has 20 heavy (non-hydrogen) atoms. The molecular formula is C11H20FN3O5. The fourth-order valence-corrected chi connectivity index (χ4v) is 1.33. The maximum atomic E-state index is 12.1. The molecule has 0 aliphatic rings. The average molecular weight is 293 g/mol. The molecule has 0 spiro atoms. The molecule has 3 N–H and O–H groups in total. The Morgan fingerprint density at radius 3 is 2.25 bits per heavy atom. The van der Waals surface area contributed by atoms with E-state index in [1.165, 1.54) is 0 Å². The number of nitrogens with one attached hydrogen (secondary N) is 3. The molecule has 0 saturated heterocycles. The maximum Gasteiger partial charge on any atom is 0.407 e. The van der Waals surface area contributed by atoms with Crippen LogP contribution in [-0.2, 0) is 14.3 Å². The number of hydrogen-bond acceptors (Lipinski definition) is 5. The summed E-state index contributed by atoms with van der Waals surface area (Å²) in [5.74, 6) is -0.978. The van der Waals surface area contributed by atoms with Crippen LogP contribution in [-0.4, -0.2) is 43.9 Å². The van der Waals surface area contributed by atoms with E-state index in [1.54, 1.807) is 13.8 Å². The number of ether oxygens (including phenoxy) is 2. The molecule has 1 atom stereocenters. The van der Waals surface area contributed by atoms with E-state index in [9.17, 15) is 18.9 Å². The molecule has 0 aliphatic heterocycles. The summed E-state index contributed by atoms with van der Waals surface area (Å²) in [7, 11) is 0. The van der Waals surface area contributed by atoms with Crippen molar-refractivity contribution in [1.82, 2.24) is 16.2 Å². The predicted octanol–water partition coefficient (Wildman–Crippen LogP) is 0.628. The van der Waals surface area contributed by atoms with Gasteiger partial charge in [0.05, 0.1) is 13.2 Å². The smallest absolute Gasteiger partial charge is 0.407 e. The number of hydrogen-bond donors (Lipinski definition) is 3. The molecule has 0 fully saturated rings. The van der Waals surface area contributed by atoms with E-state index in [0.717, 1.165) is 5.54 Å². The van der Waals surface area contributed by atoms with Crippen molar-refractivity contribution in [1.29, 1.82) is 0 Å². The lowest BCUT2D eigenvalue weighted by Gasteiger charge is -2.15. The van der Waals surface area contributed by atoms with Gasteiger partial charge in [0.25, 0.3) is 5.91 Å². The molecule has 3 amide bonds. The van der Waals surface area contributed by atoms with Gasteiger partial charge in [-0.25, -0.2) is 9.59 Å². The Balaban J connectivity index is 4.08. The van der Waals surface area contributed by atoms with E-state index in [-0.39, 0.29) is 26.2 Å². The van der Waals surface area contributed by atoms with Gasteiger partial charge in [0.1, 0.15) is 6.04 Å². The van der Waals surface area contributed by atoms with E-state index in [1.807, 2.05) is 0 Å². The van der Waals surface area contributed by atoms with Gasteiger partial charge < -0.3 is 20.1 Å². The van der Waals surface area contributed by atoms with E-state index in [0.29, 0.717) is 6.42 Å². The highest BCUT2D eigenvalue weighted by Gasteiger charge is 2.21. The quantitative estimate of drug-likeness (QED) is 0.449. The summed E-state index contributed by atoms with van der Waals surface area (Å²) in [4.78, 5) is 33.4. The second kappa shape index (κ2) is 10.8. The first-order chi connectivity index (χ1) is 9.54. The van der Waals surface area contributed by atoms with Gasteiger partial charge in [-0.3, -0.25) is 4.79 Å². The van der Waals surface area contributed by atoms with E-state index in [4.69, 9.17) is 0 Å². The average Bonchev–Trinajstić information content (AvgIpc) is 2.42. The third-order valence-electron chi connectivity index (χ3n) is 2.19. The van der Waals surface area contributed by atoms with Gasteiger partial charge in [-0.05, 0) is 26.7 Å². The fraction of sp³-hybridized carbons (Fsp3) is 0.727. The molecule has 0 aromatic carbocycles. The normalized spacial score (nSPS) is 11.2. The second-order valence-electron chi connectivity index (χ2n) is 3.67. The standard InChI is InChI=1S/C11H20FN3O5/c1-3-19-10(17)13-7-5-6-8(9(16)15-12)14-11(18)20-4-2/h8H,3-7H2,1-2H3,(H,13,17)(H,14,18)(H,15,16). The molecule has 116 valence electrons. The first kappa shape index (κ1) is 17.9. The molecule has 1 unspecified atom stereocenters. The van der Waals surface area contributed by atoms with Crippen LogP contribution >= 0.6 is 0 Å². The third kappa shape index (κ3) is 8.11. The van der Waals surface area contributed by atoms with Crippen molar-refractivity contribution in [2.45, 2.75) is 32.7 Å². The summed E-state index contributed by atoms with van der Waals surface area (Å²) >= 11 is 0. The molecule has 0 rings (SSSR count). The molecule has 0 aromatic rings. The molecule has 0 aromatic heterocycles. The van der Waals surface area contributed by atoms with Crippen LogP contribution in [0.4, 0.5) is 14.1 Å². The van der Waals surface area contributed by atoms with Crippen LogP contribution in [0.2, 0.25) is 0 Å². The minimum absolute atomic E-state index is 0.139. The number of alkyl carbamates (subject to hydrolysis) is 2. The largest absolute Gasteiger partial charge is 0.450 e. The van der Waals surface area contributed by atoms with E-state index in [2.05, 4.69) is 20.1 Å². The molecule has 0 saturated carbocycles. The zero-order chi connectivity index (χ0) is 15.4. The summed E-state index contributed by atoms with van der Waals surface area (Å²) in [6, 6.07) is -1.07. The van der Waals surface area contributed by atoms with Gasteiger partial charge in [-0.15, -0.1) is 4.48 Å². The number of rotatable bonds is 8. The Morgan fingerprint density at radius 2 is 1.70 bits per heavy atom. The van der Waals surface area contributed by atoms with Crippen molar-refractivity contribution in [3.05, 3.63) is 0 Å². The first-order valence-corrected chi connectivity index (χ1v) is 6.29. The summed E-state index contributed by atoms with van der Waals surface area (Å²) < 4.78 is 21.4. The second-order valence-corrected chi connectivity index (χ2v) is 3.67. The lowest BCUT2D eigenvalue weighted by molar-refractivity contribution is -0.127. The van der Waals surface area contributed by atoms with Crippen LogP contribution in [0, 0.1) is 0 Å². The van der Waals surface area contributed by atoms with Crippen molar-refractivity contribution < 1.29 is 28.3 Å². The Hall–Kier alpha value is -2.06. The Kier molecular flexibility index (Phi) is 9.71. The Morgan fingerprint density at radius 1 is 1.10 bits per heavy atom. The third-order valence-corrected chi connectivity index (χ3v) is 2.19. The molecule has 0 heterocycles. The highest BCUT2D eigenvalue weighted by Crippen LogP contribution is 1.98. The predicted molar refractivity (Wildman–Crippen MR) is 67.5 cm³/mol. The molecule has 8 nitrogen and oxygen atoms in total. The zero-order valence-electron chi connectivity index (χ0n) is 11.5. The molecular weight excluding hydrogens is 273 g/mol. The SMILES string of the molecule is CCOC(=O)NCCCC(NC(=O)OCC)C(=O)NF. The summed E-state index contributed by atoms with van der Waals surface area (Å²) in [5, 5.41) is 4.67. The Bertz CT molecular complexity index is 327. The Labute approximate surface area is 116 Å². The minimum Gasteiger partial charge on any atom is -0.450 e. The van der Waals surface area contributed by atoms with Gasteiger partial charge in [0, 0.05) is 6.54 Å². The van der Waals surface area contributed by atoms with Crippen LogP contribution in [0.15, 0.2) is 0 Å². The first-order valence-electron chi connectivity index (χ1n) is 6.29. The van der Waals surface area contributed by atoms with Crippen molar-refractivity contribution in [3.63, 3.8) is 0 Å². The van der Waals surface area contributed by atoms with Gasteiger partial charge in [0.2, 0.25) is 0 Å². The van der Waals surface area contributed by atoms with E-state index >= 15 is 0 Å². The van der Waals surface area contributed by atoms with Gasteiger partial charge >= 0.3 is 12.2 Å². The van der Waals surface area contributed by atoms with Crippen molar-refractivity contribution in [2.75, 3.05) is 19.8 Å². The highest BCUT2D eigenvalue weighted by atomic mass is 19.2. The van der Waals surface area contributed by atoms with Crippen molar-refractivity contribution >= 4 is 18.1 Å². The van der Waals surface area contributed by atoms with Crippen LogP contribution in [0.5, 0.6) is 0 Å². The van der Waals surface area contributed by atoms with Crippen LogP contribution in [0.25, 0.3) is 0 Å². The monoisotopic (exact) mass is 293 g/mol. The van der Waals surface area contributed by atoms with Crippen LogP contribution in [0.3, 0.4) is 0 Å². The highest BCUT2D eigenvalue weighted by molar-refractivity contribution is 5.84. The number of halogens is 1. The lowest BCUT2D eigenvalue weighted by atomic mass is 10.1. The summed E-state index contributed by atoms with van der Waals surface area (Å²) in [5.41, 5.74) is 0.961. The summed E-state index contributed by atoms with van der Waals surface area (Å²) in [6.07, 6.45) is -0.888. The van der Waals surface area contributed by atoms with E-state index < -0.39 is 24.1 Å². The minimum atomic E-state index is -1.07. The topological polar surface area (TPSA) is 106 Å². The van der Waals surface area contributed by atoms with Crippen molar-refractivity contribution in [2.24, 2.45) is 0 Å². The zero-order valence-corrected chi connectivity index (χ0v) is 11.5. The number of carbonyl (C=O) groups is 3. The van der Waals surface area contributed by atoms with Gasteiger partial charge in [-0.1, -0.05) is 0 Å². The fourth-order valence-electron chi connectivity index (χ4n) is 1.33. The van der Waals surface area contributed by atoms with Crippen LogP contribution < -0.4 is 16.2 Å². The molecule has 0 radical (unpaired) electrons.